The minimum atomic E-state index is 0.231. The molecule has 1 rings (SSSR count). The highest BCUT2D eigenvalue weighted by atomic mass is 16.2. The van der Waals surface area contributed by atoms with Gasteiger partial charge in [0.05, 0.1) is 13.2 Å². The topological polar surface area (TPSA) is 23.6 Å². The van der Waals surface area contributed by atoms with Crippen LogP contribution in [0, 0.1) is 0 Å². The van der Waals surface area contributed by atoms with Crippen molar-refractivity contribution < 1.29 is 4.79 Å². The summed E-state index contributed by atoms with van der Waals surface area (Å²) in [6.07, 6.45) is 1.83. The van der Waals surface area contributed by atoms with E-state index in [2.05, 4.69) is 11.5 Å². The fourth-order valence-electron chi connectivity index (χ4n) is 1.24. The van der Waals surface area contributed by atoms with Crippen LogP contribution in [0.1, 0.15) is 6.92 Å². The number of likely N-dealkylation sites (N-methyl/N-ethyl adjacent to an activating group) is 1. The number of rotatable bonds is 3. The lowest BCUT2D eigenvalue weighted by atomic mass is 10.5. The third kappa shape index (κ3) is 1.80. The minimum Gasteiger partial charge on any atom is -0.329 e. The molecule has 0 aromatic heterocycles. The Morgan fingerprint density at radius 3 is 2.91 bits per heavy atom. The molecule has 0 bridgehead atoms. The van der Waals surface area contributed by atoms with Gasteiger partial charge in [0.2, 0.25) is 5.91 Å². The molecule has 0 spiro atoms. The van der Waals surface area contributed by atoms with Crippen molar-refractivity contribution in [3.63, 3.8) is 0 Å². The first-order chi connectivity index (χ1) is 5.27. The zero-order valence-corrected chi connectivity index (χ0v) is 6.92. The fourth-order valence-corrected chi connectivity index (χ4v) is 1.24. The molecule has 0 aliphatic carbocycles. The normalized spacial score (nSPS) is 19.4. The van der Waals surface area contributed by atoms with E-state index in [1.165, 1.54) is 0 Å². The van der Waals surface area contributed by atoms with Crippen LogP contribution in [0.5, 0.6) is 0 Å². The van der Waals surface area contributed by atoms with Gasteiger partial charge in [-0.2, -0.15) is 0 Å². The zero-order chi connectivity index (χ0) is 8.27. The average molecular weight is 154 g/mol. The van der Waals surface area contributed by atoms with Gasteiger partial charge in [0.25, 0.3) is 0 Å². The van der Waals surface area contributed by atoms with Gasteiger partial charge < -0.3 is 4.90 Å². The Kier molecular flexibility index (Phi) is 2.65. The molecule has 11 heavy (non-hydrogen) atoms. The van der Waals surface area contributed by atoms with Crippen molar-refractivity contribution in [2.24, 2.45) is 0 Å². The van der Waals surface area contributed by atoms with Gasteiger partial charge >= 0.3 is 0 Å². The number of carbonyl (C=O) groups is 1. The van der Waals surface area contributed by atoms with Gasteiger partial charge in [-0.1, -0.05) is 6.08 Å². The molecule has 0 N–H and O–H groups in total. The summed E-state index contributed by atoms with van der Waals surface area (Å²) in [7, 11) is 0. The molecule has 0 unspecified atom stereocenters. The Hall–Kier alpha value is -0.830. The van der Waals surface area contributed by atoms with Crippen LogP contribution in [-0.4, -0.2) is 42.0 Å². The van der Waals surface area contributed by atoms with E-state index in [1.54, 1.807) is 0 Å². The summed E-state index contributed by atoms with van der Waals surface area (Å²) in [4.78, 5) is 15.0. The Bertz CT molecular complexity index is 167. The summed E-state index contributed by atoms with van der Waals surface area (Å²) >= 11 is 0. The Labute approximate surface area is 67.3 Å². The summed E-state index contributed by atoms with van der Waals surface area (Å²) < 4.78 is 0. The van der Waals surface area contributed by atoms with Crippen LogP contribution in [0.25, 0.3) is 0 Å². The van der Waals surface area contributed by atoms with Gasteiger partial charge in [-0.25, -0.2) is 0 Å². The molecule has 1 fully saturated rings. The minimum absolute atomic E-state index is 0.231. The SMILES string of the molecule is C=CCN1CC(=O)N(CC)C1. The lowest BCUT2D eigenvalue weighted by molar-refractivity contribution is -0.126. The second-order valence-electron chi connectivity index (χ2n) is 2.69. The van der Waals surface area contributed by atoms with Gasteiger partial charge in [-0.15, -0.1) is 6.58 Å². The maximum Gasteiger partial charge on any atom is 0.237 e. The average Bonchev–Trinajstić information content (AvgIpc) is 2.32. The van der Waals surface area contributed by atoms with E-state index in [1.807, 2.05) is 17.9 Å². The highest BCUT2D eigenvalue weighted by molar-refractivity contribution is 5.80. The lowest BCUT2D eigenvalue weighted by Crippen LogP contribution is -2.26. The predicted octanol–water partition coefficient (Wildman–Crippen LogP) is 0.294. The van der Waals surface area contributed by atoms with Crippen LogP contribution in [0.3, 0.4) is 0 Å². The largest absolute Gasteiger partial charge is 0.329 e. The third-order valence-corrected chi connectivity index (χ3v) is 1.85. The van der Waals surface area contributed by atoms with Gasteiger partial charge in [-0.3, -0.25) is 9.69 Å². The molecule has 0 aromatic rings. The first-order valence-corrected chi connectivity index (χ1v) is 3.89. The van der Waals surface area contributed by atoms with Crippen LogP contribution in [0.2, 0.25) is 0 Å². The van der Waals surface area contributed by atoms with Crippen LogP contribution >= 0.6 is 0 Å². The first kappa shape index (κ1) is 8.27. The summed E-state index contributed by atoms with van der Waals surface area (Å²) in [6, 6.07) is 0. The molecule has 1 amide bonds. The quantitative estimate of drug-likeness (QED) is 0.546. The molecular weight excluding hydrogens is 140 g/mol. The van der Waals surface area contributed by atoms with Gasteiger partial charge in [0.15, 0.2) is 0 Å². The molecular formula is C8H14N2O. The summed E-state index contributed by atoms with van der Waals surface area (Å²) in [5.74, 6) is 0.231. The third-order valence-electron chi connectivity index (χ3n) is 1.85. The van der Waals surface area contributed by atoms with Gasteiger partial charge in [0.1, 0.15) is 0 Å². The van der Waals surface area contributed by atoms with Crippen LogP contribution in [0.4, 0.5) is 0 Å². The smallest absolute Gasteiger partial charge is 0.237 e. The Morgan fingerprint density at radius 1 is 1.73 bits per heavy atom. The van der Waals surface area contributed by atoms with Crippen molar-refractivity contribution in [2.45, 2.75) is 6.92 Å². The van der Waals surface area contributed by atoms with Crippen molar-refractivity contribution >= 4 is 5.91 Å². The second kappa shape index (κ2) is 3.53. The fraction of sp³-hybridized carbons (Fsp3) is 0.625. The summed E-state index contributed by atoms with van der Waals surface area (Å²) in [6.45, 7) is 8.56. The molecule has 62 valence electrons. The highest BCUT2D eigenvalue weighted by Crippen LogP contribution is 2.04. The standard InChI is InChI=1S/C8H14N2O/c1-3-5-9-6-8(11)10(4-2)7-9/h3H,1,4-7H2,2H3. The molecule has 0 radical (unpaired) electrons. The molecule has 1 aliphatic rings. The second-order valence-corrected chi connectivity index (χ2v) is 2.69. The van der Waals surface area contributed by atoms with Gasteiger partial charge in [0, 0.05) is 13.1 Å². The van der Waals surface area contributed by atoms with Crippen molar-refractivity contribution in [1.29, 1.82) is 0 Å². The summed E-state index contributed by atoms with van der Waals surface area (Å²) in [5, 5.41) is 0. The van der Waals surface area contributed by atoms with Crippen molar-refractivity contribution in [3.05, 3.63) is 12.7 Å². The first-order valence-electron chi connectivity index (χ1n) is 3.89. The number of nitrogens with zero attached hydrogens (tertiary/aromatic N) is 2. The number of carbonyl (C=O) groups excluding carboxylic acids is 1. The van der Waals surface area contributed by atoms with E-state index >= 15 is 0 Å². The molecule has 0 aromatic carbocycles. The summed E-state index contributed by atoms with van der Waals surface area (Å²) in [5.41, 5.74) is 0. The maximum absolute atomic E-state index is 11.1. The lowest BCUT2D eigenvalue weighted by Gasteiger charge is -2.13. The molecule has 0 atom stereocenters. The highest BCUT2D eigenvalue weighted by Gasteiger charge is 2.24. The van der Waals surface area contributed by atoms with E-state index in [4.69, 9.17) is 0 Å². The van der Waals surface area contributed by atoms with E-state index in [0.717, 1.165) is 19.8 Å². The van der Waals surface area contributed by atoms with E-state index < -0.39 is 0 Å². The van der Waals surface area contributed by atoms with E-state index in [9.17, 15) is 4.79 Å². The van der Waals surface area contributed by atoms with Crippen molar-refractivity contribution in [1.82, 2.24) is 9.80 Å². The predicted molar refractivity (Wildman–Crippen MR) is 44.0 cm³/mol. The van der Waals surface area contributed by atoms with Crippen LogP contribution in [0.15, 0.2) is 12.7 Å². The Morgan fingerprint density at radius 2 is 2.45 bits per heavy atom. The molecule has 0 saturated carbocycles. The number of hydrogen-bond donors (Lipinski definition) is 0. The zero-order valence-electron chi connectivity index (χ0n) is 6.92. The molecule has 1 heterocycles. The maximum atomic E-state index is 11.1. The van der Waals surface area contributed by atoms with E-state index in [0.29, 0.717) is 6.54 Å². The molecule has 1 saturated heterocycles. The van der Waals surface area contributed by atoms with Gasteiger partial charge in [-0.05, 0) is 6.92 Å². The van der Waals surface area contributed by atoms with Crippen LogP contribution < -0.4 is 0 Å². The van der Waals surface area contributed by atoms with Crippen LogP contribution in [-0.2, 0) is 4.79 Å². The number of amides is 1. The van der Waals surface area contributed by atoms with E-state index in [-0.39, 0.29) is 5.91 Å². The molecule has 1 aliphatic heterocycles. The number of hydrogen-bond acceptors (Lipinski definition) is 2. The van der Waals surface area contributed by atoms with Crippen molar-refractivity contribution in [2.75, 3.05) is 26.3 Å². The monoisotopic (exact) mass is 154 g/mol. The molecule has 3 nitrogen and oxygen atoms in total. The molecule has 3 heteroatoms. The Balaban J connectivity index is 2.42. The van der Waals surface area contributed by atoms with Crippen molar-refractivity contribution in [3.8, 4) is 0 Å².